The molecule has 0 saturated carbocycles. The van der Waals surface area contributed by atoms with Gasteiger partial charge in [0.15, 0.2) is 5.78 Å². The monoisotopic (exact) mass is 282 g/mol. The number of methoxy groups -OCH3 is 1. The fourth-order valence-corrected chi connectivity index (χ4v) is 2.06. The maximum absolute atomic E-state index is 12.4. The van der Waals surface area contributed by atoms with Gasteiger partial charge in [0.05, 0.1) is 18.4 Å². The molecule has 1 heterocycles. The predicted molar refractivity (Wildman–Crippen MR) is 83.4 cm³/mol. The smallest absolute Gasteiger partial charge is 0.189 e. The van der Waals surface area contributed by atoms with E-state index in [0.29, 0.717) is 11.3 Å². The number of ether oxygens (including phenoxy) is 2. The van der Waals surface area contributed by atoms with Gasteiger partial charge in [0.1, 0.15) is 12.4 Å². The zero-order valence-electron chi connectivity index (χ0n) is 12.3. The molecule has 0 unspecified atom stereocenters. The topological polar surface area (TPSA) is 35.5 Å². The maximum Gasteiger partial charge on any atom is 0.189 e. The molecule has 0 bridgehead atoms. The Morgan fingerprint density at radius 2 is 2.05 bits per heavy atom. The lowest BCUT2D eigenvalue weighted by molar-refractivity contribution is -0.112. The zero-order chi connectivity index (χ0) is 15.2. The first kappa shape index (κ1) is 14.9. The van der Waals surface area contributed by atoms with Crippen molar-refractivity contribution in [3.05, 3.63) is 77.8 Å². The van der Waals surface area contributed by atoms with E-state index in [4.69, 9.17) is 9.47 Å². The van der Waals surface area contributed by atoms with Crippen molar-refractivity contribution in [1.29, 1.82) is 0 Å². The van der Waals surface area contributed by atoms with Crippen LogP contribution in [0.5, 0.6) is 0 Å². The summed E-state index contributed by atoms with van der Waals surface area (Å²) in [4.78, 5) is 12.4. The van der Waals surface area contributed by atoms with Crippen molar-refractivity contribution in [2.24, 2.45) is 0 Å². The average Bonchev–Trinajstić information content (AvgIpc) is 2.53. The highest BCUT2D eigenvalue weighted by atomic mass is 16.5. The Morgan fingerprint density at radius 3 is 2.67 bits per heavy atom. The molecule has 0 radical (unpaired) electrons. The molecule has 0 aromatic heterocycles. The summed E-state index contributed by atoms with van der Waals surface area (Å²) in [7, 11) is 1.55. The number of ketones is 1. The van der Waals surface area contributed by atoms with Crippen LogP contribution in [-0.2, 0) is 14.3 Å². The number of allylic oxidation sites excluding steroid dienone is 5. The van der Waals surface area contributed by atoms with Crippen molar-refractivity contribution < 1.29 is 14.3 Å². The van der Waals surface area contributed by atoms with Crippen LogP contribution in [0.4, 0.5) is 0 Å². The van der Waals surface area contributed by atoms with Crippen LogP contribution in [0.25, 0.3) is 5.57 Å². The Hall–Kier alpha value is -2.55. The van der Waals surface area contributed by atoms with Gasteiger partial charge in [-0.1, -0.05) is 43.0 Å². The molecule has 1 aromatic rings. The van der Waals surface area contributed by atoms with E-state index in [1.165, 1.54) is 0 Å². The second-order valence-electron chi connectivity index (χ2n) is 4.62. The number of carbonyl (C=O) groups excluding carboxylic acids is 1. The summed E-state index contributed by atoms with van der Waals surface area (Å²) in [6.45, 7) is 5.83. The van der Waals surface area contributed by atoms with Crippen molar-refractivity contribution in [3.63, 3.8) is 0 Å². The highest BCUT2D eigenvalue weighted by molar-refractivity contribution is 6.09. The van der Waals surface area contributed by atoms with Gasteiger partial charge < -0.3 is 9.47 Å². The van der Waals surface area contributed by atoms with Crippen molar-refractivity contribution >= 4 is 11.4 Å². The summed E-state index contributed by atoms with van der Waals surface area (Å²) in [5.41, 5.74) is 2.23. The van der Waals surface area contributed by atoms with Crippen molar-refractivity contribution in [1.82, 2.24) is 0 Å². The van der Waals surface area contributed by atoms with Gasteiger partial charge in [-0.2, -0.15) is 0 Å². The standard InChI is InChI=1S/C18H18O3/c1-4-14(15-8-6-5-7-9-15)11-17(19)16-12-21-13(2)10-18(16)20-3/h4-11H,1,12H2,2-3H3. The minimum Gasteiger partial charge on any atom is -0.496 e. The summed E-state index contributed by atoms with van der Waals surface area (Å²) in [6.07, 6.45) is 4.96. The van der Waals surface area contributed by atoms with E-state index in [9.17, 15) is 4.79 Å². The molecule has 1 aliphatic rings. The zero-order valence-corrected chi connectivity index (χ0v) is 12.3. The Kier molecular flexibility index (Phi) is 4.77. The maximum atomic E-state index is 12.4. The second-order valence-corrected chi connectivity index (χ2v) is 4.62. The molecule has 0 fully saturated rings. The van der Waals surface area contributed by atoms with E-state index in [1.54, 1.807) is 25.3 Å². The van der Waals surface area contributed by atoms with Crippen molar-refractivity contribution in [2.45, 2.75) is 6.92 Å². The first-order chi connectivity index (χ1) is 10.2. The Morgan fingerprint density at radius 1 is 1.33 bits per heavy atom. The van der Waals surface area contributed by atoms with Crippen LogP contribution < -0.4 is 0 Å². The van der Waals surface area contributed by atoms with Crippen LogP contribution in [0.15, 0.2) is 72.2 Å². The Labute approximate surface area is 124 Å². The molecular weight excluding hydrogens is 264 g/mol. The molecule has 0 amide bonds. The third-order valence-corrected chi connectivity index (χ3v) is 3.21. The van der Waals surface area contributed by atoms with Gasteiger partial charge in [0, 0.05) is 6.08 Å². The Balaban J connectivity index is 2.35. The van der Waals surface area contributed by atoms with Gasteiger partial charge >= 0.3 is 0 Å². The molecule has 0 atom stereocenters. The molecule has 0 aliphatic carbocycles. The molecular formula is C18H18O3. The average molecular weight is 282 g/mol. The normalized spacial score (nSPS) is 15.1. The van der Waals surface area contributed by atoms with E-state index in [0.717, 1.165) is 16.9 Å². The number of rotatable bonds is 5. The molecule has 0 N–H and O–H groups in total. The van der Waals surface area contributed by atoms with Crippen LogP contribution in [0.3, 0.4) is 0 Å². The summed E-state index contributed by atoms with van der Waals surface area (Å²) in [5, 5.41) is 0. The van der Waals surface area contributed by atoms with Gasteiger partial charge in [-0.05, 0) is 24.1 Å². The molecule has 0 saturated heterocycles. The van der Waals surface area contributed by atoms with Gasteiger partial charge in [-0.3, -0.25) is 4.79 Å². The lowest BCUT2D eigenvalue weighted by atomic mass is 10.0. The fraction of sp³-hybridized carbons (Fsp3) is 0.167. The Bertz CT molecular complexity index is 634. The predicted octanol–water partition coefficient (Wildman–Crippen LogP) is 3.66. The number of carbonyl (C=O) groups is 1. The largest absolute Gasteiger partial charge is 0.496 e. The highest BCUT2D eigenvalue weighted by Crippen LogP contribution is 2.21. The van der Waals surface area contributed by atoms with E-state index in [1.807, 2.05) is 37.3 Å². The fourth-order valence-electron chi connectivity index (χ4n) is 2.06. The second kappa shape index (κ2) is 6.75. The SMILES string of the molecule is C=CC(=CC(=O)C1=C(OC)C=C(C)OC1)c1ccccc1. The first-order valence-corrected chi connectivity index (χ1v) is 6.68. The van der Waals surface area contributed by atoms with Crippen LogP contribution in [0.1, 0.15) is 12.5 Å². The third kappa shape index (κ3) is 3.51. The number of hydrogen-bond acceptors (Lipinski definition) is 3. The number of benzene rings is 1. The van der Waals surface area contributed by atoms with E-state index in [-0.39, 0.29) is 12.4 Å². The van der Waals surface area contributed by atoms with Crippen molar-refractivity contribution in [3.8, 4) is 0 Å². The third-order valence-electron chi connectivity index (χ3n) is 3.21. The number of hydrogen-bond donors (Lipinski definition) is 0. The van der Waals surface area contributed by atoms with E-state index < -0.39 is 0 Å². The van der Waals surface area contributed by atoms with Crippen LogP contribution >= 0.6 is 0 Å². The molecule has 0 spiro atoms. The summed E-state index contributed by atoms with van der Waals surface area (Å²) in [5.74, 6) is 1.16. The minimum absolute atomic E-state index is 0.130. The molecule has 21 heavy (non-hydrogen) atoms. The van der Waals surface area contributed by atoms with E-state index >= 15 is 0 Å². The van der Waals surface area contributed by atoms with Gasteiger partial charge in [0.25, 0.3) is 0 Å². The summed E-state index contributed by atoms with van der Waals surface area (Å²) >= 11 is 0. The van der Waals surface area contributed by atoms with Gasteiger partial charge in [0.2, 0.25) is 0 Å². The quantitative estimate of drug-likeness (QED) is 0.610. The first-order valence-electron chi connectivity index (χ1n) is 6.68. The molecule has 1 aliphatic heterocycles. The minimum atomic E-state index is -0.130. The van der Waals surface area contributed by atoms with E-state index in [2.05, 4.69) is 6.58 Å². The summed E-state index contributed by atoms with van der Waals surface area (Å²) in [6, 6.07) is 9.65. The molecule has 3 nitrogen and oxygen atoms in total. The lowest BCUT2D eigenvalue weighted by Crippen LogP contribution is -2.14. The molecule has 108 valence electrons. The van der Waals surface area contributed by atoms with Crippen LogP contribution in [0.2, 0.25) is 0 Å². The summed E-state index contributed by atoms with van der Waals surface area (Å²) < 4.78 is 10.7. The van der Waals surface area contributed by atoms with Crippen LogP contribution in [-0.4, -0.2) is 19.5 Å². The molecule has 1 aromatic carbocycles. The lowest BCUT2D eigenvalue weighted by Gasteiger charge is -2.17. The molecule has 2 rings (SSSR count). The molecule has 3 heteroatoms. The van der Waals surface area contributed by atoms with Crippen molar-refractivity contribution in [2.75, 3.05) is 13.7 Å². The highest BCUT2D eigenvalue weighted by Gasteiger charge is 2.19. The van der Waals surface area contributed by atoms with Crippen LogP contribution in [0, 0.1) is 0 Å². The van der Waals surface area contributed by atoms with Gasteiger partial charge in [-0.15, -0.1) is 0 Å². The van der Waals surface area contributed by atoms with Gasteiger partial charge in [-0.25, -0.2) is 0 Å².